The van der Waals surface area contributed by atoms with Gasteiger partial charge in [-0.15, -0.1) is 11.3 Å². The van der Waals surface area contributed by atoms with Gasteiger partial charge in [-0.3, -0.25) is 4.79 Å². The lowest BCUT2D eigenvalue weighted by Crippen LogP contribution is -2.27. The number of furan rings is 1. The molecule has 0 spiro atoms. The van der Waals surface area contributed by atoms with Crippen molar-refractivity contribution in [2.45, 2.75) is 13.5 Å². The van der Waals surface area contributed by atoms with Gasteiger partial charge in [-0.25, -0.2) is 9.97 Å². The van der Waals surface area contributed by atoms with Gasteiger partial charge >= 0.3 is 0 Å². The number of para-hydroxylation sites is 2. The fourth-order valence-corrected chi connectivity index (χ4v) is 3.51. The summed E-state index contributed by atoms with van der Waals surface area (Å²) < 4.78 is 7.40. The predicted molar refractivity (Wildman–Crippen MR) is 96.6 cm³/mol. The molecule has 0 saturated carbocycles. The number of imidazole rings is 1. The molecule has 0 unspecified atom stereocenters. The summed E-state index contributed by atoms with van der Waals surface area (Å²) in [5, 5.41) is 5.36. The van der Waals surface area contributed by atoms with Crippen LogP contribution in [0, 0.1) is 6.92 Å². The van der Waals surface area contributed by atoms with Gasteiger partial charge in [0.05, 0.1) is 17.3 Å². The average molecular weight is 352 g/mol. The van der Waals surface area contributed by atoms with Gasteiger partial charge in [0.15, 0.2) is 10.8 Å². The molecule has 1 amide bonds. The summed E-state index contributed by atoms with van der Waals surface area (Å²) in [7, 11) is 0. The Morgan fingerprint density at radius 3 is 2.96 bits per heavy atom. The fourth-order valence-electron chi connectivity index (χ4n) is 2.74. The highest BCUT2D eigenvalue weighted by molar-refractivity contribution is 7.13. The second-order valence-corrected chi connectivity index (χ2v) is 6.43. The quantitative estimate of drug-likeness (QED) is 0.597. The summed E-state index contributed by atoms with van der Waals surface area (Å²) in [6.45, 7) is 3.14. The highest BCUT2D eigenvalue weighted by Gasteiger charge is 2.13. The number of fused-ring (bicyclic) bond motifs is 1. The van der Waals surface area contributed by atoms with Crippen molar-refractivity contribution in [3.63, 3.8) is 0 Å². The Balaban J connectivity index is 1.41. The van der Waals surface area contributed by atoms with Gasteiger partial charge in [0, 0.05) is 18.5 Å². The second kappa shape index (κ2) is 6.52. The molecule has 0 saturated heterocycles. The first-order valence-electron chi connectivity index (χ1n) is 7.92. The number of thiazole rings is 1. The van der Waals surface area contributed by atoms with Crippen LogP contribution in [-0.2, 0) is 6.54 Å². The molecule has 4 aromatic rings. The van der Waals surface area contributed by atoms with E-state index in [1.165, 1.54) is 11.3 Å². The van der Waals surface area contributed by atoms with E-state index in [2.05, 4.69) is 19.9 Å². The molecule has 3 aromatic heterocycles. The van der Waals surface area contributed by atoms with E-state index in [-0.39, 0.29) is 5.91 Å². The Labute approximate surface area is 148 Å². The van der Waals surface area contributed by atoms with E-state index in [0.717, 1.165) is 16.9 Å². The van der Waals surface area contributed by atoms with E-state index < -0.39 is 0 Å². The minimum absolute atomic E-state index is 0.184. The highest BCUT2D eigenvalue weighted by atomic mass is 32.1. The van der Waals surface area contributed by atoms with E-state index in [1.807, 2.05) is 37.3 Å². The molecule has 0 radical (unpaired) electrons. The summed E-state index contributed by atoms with van der Waals surface area (Å²) >= 11 is 1.39. The molecule has 0 aliphatic heterocycles. The summed E-state index contributed by atoms with van der Waals surface area (Å²) in [5.41, 5.74) is 2.44. The number of nitrogens with one attached hydrogen (secondary N) is 1. The predicted octanol–water partition coefficient (Wildman–Crippen LogP) is 3.49. The standard InChI is InChI=1S/C18H16N4O2S/c1-12-20-13-5-2-3-6-15(13)22(12)9-8-19-17(23)14-11-25-18(21-14)16-7-4-10-24-16/h2-7,10-11H,8-9H2,1H3,(H,19,23). The van der Waals surface area contributed by atoms with Crippen LogP contribution in [0.25, 0.3) is 21.8 Å². The number of hydrogen-bond donors (Lipinski definition) is 1. The zero-order valence-electron chi connectivity index (χ0n) is 13.6. The van der Waals surface area contributed by atoms with Gasteiger partial charge < -0.3 is 14.3 Å². The summed E-state index contributed by atoms with van der Waals surface area (Å²) in [6, 6.07) is 11.6. The monoisotopic (exact) mass is 352 g/mol. The second-order valence-electron chi connectivity index (χ2n) is 5.57. The number of aryl methyl sites for hydroxylation is 1. The third kappa shape index (κ3) is 3.06. The molecule has 0 aliphatic carbocycles. The lowest BCUT2D eigenvalue weighted by molar-refractivity contribution is 0.0948. The van der Waals surface area contributed by atoms with Crippen LogP contribution < -0.4 is 5.32 Å². The van der Waals surface area contributed by atoms with Crippen molar-refractivity contribution in [1.82, 2.24) is 19.9 Å². The minimum atomic E-state index is -0.184. The summed E-state index contributed by atoms with van der Waals surface area (Å²) in [6.07, 6.45) is 1.59. The number of carbonyl (C=O) groups excluding carboxylic acids is 1. The molecule has 0 aliphatic rings. The third-order valence-electron chi connectivity index (χ3n) is 3.94. The molecular weight excluding hydrogens is 336 g/mol. The van der Waals surface area contributed by atoms with Crippen molar-refractivity contribution in [2.75, 3.05) is 6.54 Å². The Bertz CT molecular complexity index is 1020. The number of amides is 1. The molecule has 0 atom stereocenters. The highest BCUT2D eigenvalue weighted by Crippen LogP contribution is 2.23. The van der Waals surface area contributed by atoms with Crippen molar-refractivity contribution in [1.29, 1.82) is 0 Å². The van der Waals surface area contributed by atoms with Crippen molar-refractivity contribution in [3.05, 3.63) is 59.6 Å². The van der Waals surface area contributed by atoms with Crippen molar-refractivity contribution in [3.8, 4) is 10.8 Å². The molecule has 126 valence electrons. The van der Waals surface area contributed by atoms with Gasteiger partial charge in [0.25, 0.3) is 5.91 Å². The first-order chi connectivity index (χ1) is 12.2. The van der Waals surface area contributed by atoms with Gasteiger partial charge in [-0.05, 0) is 31.2 Å². The lowest BCUT2D eigenvalue weighted by Gasteiger charge is -2.07. The topological polar surface area (TPSA) is 73.0 Å². The van der Waals surface area contributed by atoms with Crippen LogP contribution in [0.4, 0.5) is 0 Å². The van der Waals surface area contributed by atoms with Crippen LogP contribution in [0.3, 0.4) is 0 Å². The zero-order chi connectivity index (χ0) is 17.2. The molecule has 25 heavy (non-hydrogen) atoms. The molecule has 0 bridgehead atoms. The molecule has 6 nitrogen and oxygen atoms in total. The van der Waals surface area contributed by atoms with E-state index >= 15 is 0 Å². The van der Waals surface area contributed by atoms with Crippen LogP contribution in [0.15, 0.2) is 52.5 Å². The van der Waals surface area contributed by atoms with E-state index in [1.54, 1.807) is 17.7 Å². The lowest BCUT2D eigenvalue weighted by atomic mass is 10.3. The van der Waals surface area contributed by atoms with Gasteiger partial charge in [0.2, 0.25) is 0 Å². The van der Waals surface area contributed by atoms with E-state index in [0.29, 0.717) is 29.6 Å². The van der Waals surface area contributed by atoms with Crippen LogP contribution in [0.2, 0.25) is 0 Å². The normalized spacial score (nSPS) is 11.1. The number of aromatic nitrogens is 3. The molecule has 1 N–H and O–H groups in total. The first kappa shape index (κ1) is 15.6. The van der Waals surface area contributed by atoms with Crippen molar-refractivity contribution >= 4 is 28.3 Å². The van der Waals surface area contributed by atoms with Crippen LogP contribution in [-0.4, -0.2) is 27.0 Å². The van der Waals surface area contributed by atoms with Gasteiger partial charge in [-0.2, -0.15) is 0 Å². The minimum Gasteiger partial charge on any atom is -0.462 e. The Morgan fingerprint density at radius 2 is 2.12 bits per heavy atom. The van der Waals surface area contributed by atoms with Gasteiger partial charge in [0.1, 0.15) is 11.5 Å². The Morgan fingerprint density at radius 1 is 1.24 bits per heavy atom. The summed E-state index contributed by atoms with van der Waals surface area (Å²) in [5.74, 6) is 1.42. The third-order valence-corrected chi connectivity index (χ3v) is 4.79. The molecule has 4 rings (SSSR count). The van der Waals surface area contributed by atoms with Crippen molar-refractivity contribution in [2.24, 2.45) is 0 Å². The maximum Gasteiger partial charge on any atom is 0.270 e. The zero-order valence-corrected chi connectivity index (χ0v) is 14.4. The average Bonchev–Trinajstić information content (AvgIpc) is 3.34. The smallest absolute Gasteiger partial charge is 0.270 e. The maximum atomic E-state index is 12.3. The molecular formula is C18H16N4O2S. The number of nitrogens with zero attached hydrogens (tertiary/aromatic N) is 3. The summed E-state index contributed by atoms with van der Waals surface area (Å²) in [4.78, 5) is 21.1. The first-order valence-corrected chi connectivity index (χ1v) is 8.80. The van der Waals surface area contributed by atoms with Gasteiger partial charge in [-0.1, -0.05) is 12.1 Å². The Hall–Kier alpha value is -2.93. The largest absolute Gasteiger partial charge is 0.462 e. The number of rotatable bonds is 5. The molecule has 3 heterocycles. The van der Waals surface area contributed by atoms with Crippen LogP contribution >= 0.6 is 11.3 Å². The number of carbonyl (C=O) groups is 1. The van der Waals surface area contributed by atoms with Crippen molar-refractivity contribution < 1.29 is 9.21 Å². The molecule has 1 aromatic carbocycles. The molecule has 7 heteroatoms. The van der Waals surface area contributed by atoms with E-state index in [4.69, 9.17) is 4.42 Å². The Kier molecular flexibility index (Phi) is 4.07. The number of benzene rings is 1. The van der Waals surface area contributed by atoms with E-state index in [9.17, 15) is 4.79 Å². The van der Waals surface area contributed by atoms with Crippen LogP contribution in [0.5, 0.6) is 0 Å². The number of hydrogen-bond acceptors (Lipinski definition) is 5. The molecule has 0 fully saturated rings. The van der Waals surface area contributed by atoms with Crippen LogP contribution in [0.1, 0.15) is 16.3 Å². The maximum absolute atomic E-state index is 12.3. The fraction of sp³-hybridized carbons (Fsp3) is 0.167. The SMILES string of the molecule is Cc1nc2ccccc2n1CCNC(=O)c1csc(-c2ccco2)n1.